The molecule has 0 fully saturated rings. The number of ether oxygens (including phenoxy) is 1. The maximum absolute atomic E-state index is 9.37. The highest BCUT2D eigenvalue weighted by atomic mass is 79.9. The number of rotatable bonds is 3. The number of aromatic hydroxyl groups is 1. The van der Waals surface area contributed by atoms with Gasteiger partial charge >= 0.3 is 0 Å². The van der Waals surface area contributed by atoms with Gasteiger partial charge in [-0.3, -0.25) is 0 Å². The molecule has 0 bridgehead atoms. The van der Waals surface area contributed by atoms with E-state index in [1.807, 2.05) is 19.1 Å². The van der Waals surface area contributed by atoms with E-state index in [0.29, 0.717) is 12.4 Å². The van der Waals surface area contributed by atoms with Crippen molar-refractivity contribution < 1.29 is 9.84 Å². The molecule has 0 aliphatic heterocycles. The molecule has 0 aliphatic rings. The monoisotopic (exact) mass is 242 g/mol. The summed E-state index contributed by atoms with van der Waals surface area (Å²) in [5.74, 6) is 0.694. The van der Waals surface area contributed by atoms with E-state index < -0.39 is 0 Å². The zero-order chi connectivity index (χ0) is 9.68. The van der Waals surface area contributed by atoms with Crippen molar-refractivity contribution in [2.45, 2.75) is 6.92 Å². The molecule has 0 aliphatic carbocycles. The molecule has 0 unspecified atom stereocenters. The van der Waals surface area contributed by atoms with Crippen molar-refractivity contribution >= 4 is 22.0 Å². The zero-order valence-electron chi connectivity index (χ0n) is 7.33. The quantitative estimate of drug-likeness (QED) is 0.883. The summed E-state index contributed by atoms with van der Waals surface area (Å²) in [6, 6.07) is 5.22. The van der Waals surface area contributed by atoms with Crippen molar-refractivity contribution in [3.8, 4) is 11.5 Å². The molecule has 3 heteroatoms. The van der Waals surface area contributed by atoms with Gasteiger partial charge in [0.2, 0.25) is 0 Å². The molecule has 2 nitrogen and oxygen atoms in total. The number of hydrogen-bond acceptors (Lipinski definition) is 2. The van der Waals surface area contributed by atoms with E-state index in [0.717, 1.165) is 5.56 Å². The molecule has 0 saturated carbocycles. The lowest BCUT2D eigenvalue weighted by Crippen LogP contribution is -1.91. The Morgan fingerprint density at radius 2 is 2.31 bits per heavy atom. The Kier molecular flexibility index (Phi) is 3.83. The van der Waals surface area contributed by atoms with Gasteiger partial charge in [0.15, 0.2) is 11.5 Å². The lowest BCUT2D eigenvalue weighted by atomic mass is 10.2. The van der Waals surface area contributed by atoms with Crippen LogP contribution in [0.1, 0.15) is 12.5 Å². The predicted molar refractivity (Wildman–Crippen MR) is 57.2 cm³/mol. The Morgan fingerprint density at radius 3 is 2.92 bits per heavy atom. The summed E-state index contributed by atoms with van der Waals surface area (Å²) >= 11 is 3.18. The Bertz CT molecular complexity index is 308. The van der Waals surface area contributed by atoms with Crippen LogP contribution in [-0.4, -0.2) is 11.7 Å². The summed E-state index contributed by atoms with van der Waals surface area (Å²) in [5.41, 5.74) is 0.984. The Labute approximate surface area is 86.0 Å². The average molecular weight is 243 g/mol. The van der Waals surface area contributed by atoms with Crippen LogP contribution in [-0.2, 0) is 0 Å². The summed E-state index contributed by atoms with van der Waals surface area (Å²) in [4.78, 5) is 1.76. The minimum absolute atomic E-state index is 0.175. The topological polar surface area (TPSA) is 29.5 Å². The lowest BCUT2D eigenvalue weighted by Gasteiger charge is -2.05. The molecule has 0 amide bonds. The lowest BCUT2D eigenvalue weighted by molar-refractivity contribution is 0.318. The molecule has 70 valence electrons. The summed E-state index contributed by atoms with van der Waals surface area (Å²) in [7, 11) is 0. The molecular weight excluding hydrogens is 232 g/mol. The van der Waals surface area contributed by atoms with Gasteiger partial charge in [-0.15, -0.1) is 0 Å². The molecule has 13 heavy (non-hydrogen) atoms. The first-order chi connectivity index (χ1) is 6.27. The van der Waals surface area contributed by atoms with Crippen LogP contribution < -0.4 is 4.74 Å². The normalized spacial score (nSPS) is 10.6. The van der Waals surface area contributed by atoms with E-state index in [-0.39, 0.29) is 5.75 Å². The van der Waals surface area contributed by atoms with Gasteiger partial charge in [0, 0.05) is 0 Å². The molecule has 0 atom stereocenters. The highest BCUT2D eigenvalue weighted by Gasteiger charge is 2.00. The smallest absolute Gasteiger partial charge is 0.161 e. The molecular formula is C10H11BrO2. The number of hydrogen-bond donors (Lipinski definition) is 1. The van der Waals surface area contributed by atoms with Gasteiger partial charge in [0.25, 0.3) is 0 Å². The van der Waals surface area contributed by atoms with Crippen LogP contribution in [0.2, 0.25) is 0 Å². The fourth-order valence-corrected chi connectivity index (χ4v) is 1.28. The predicted octanol–water partition coefficient (Wildman–Crippen LogP) is 3.16. The van der Waals surface area contributed by atoms with Crippen LogP contribution in [0.4, 0.5) is 0 Å². The average Bonchev–Trinajstić information content (AvgIpc) is 2.12. The fraction of sp³-hybridized carbons (Fsp3) is 0.200. The van der Waals surface area contributed by atoms with Gasteiger partial charge < -0.3 is 9.84 Å². The van der Waals surface area contributed by atoms with Gasteiger partial charge in [-0.05, 0) is 35.7 Å². The van der Waals surface area contributed by atoms with Crippen molar-refractivity contribution in [2.24, 2.45) is 0 Å². The van der Waals surface area contributed by atoms with Crippen molar-refractivity contribution in [2.75, 3.05) is 6.61 Å². The molecule has 1 aromatic rings. The Hall–Kier alpha value is -0.960. The third-order valence-electron chi connectivity index (χ3n) is 1.54. The highest BCUT2D eigenvalue weighted by molar-refractivity contribution is 9.11. The molecule has 1 N–H and O–H groups in total. The maximum Gasteiger partial charge on any atom is 0.161 e. The summed E-state index contributed by atoms with van der Waals surface area (Å²) in [6.45, 7) is 2.43. The van der Waals surface area contributed by atoms with Gasteiger partial charge in [-0.25, -0.2) is 0 Å². The van der Waals surface area contributed by atoms with Crippen LogP contribution in [0.5, 0.6) is 11.5 Å². The first kappa shape index (κ1) is 10.1. The number of halogens is 1. The molecule has 0 radical (unpaired) electrons. The van der Waals surface area contributed by atoms with E-state index in [2.05, 4.69) is 15.9 Å². The zero-order valence-corrected chi connectivity index (χ0v) is 8.91. The van der Waals surface area contributed by atoms with Crippen molar-refractivity contribution in [3.63, 3.8) is 0 Å². The van der Waals surface area contributed by atoms with Crippen LogP contribution in [0.3, 0.4) is 0 Å². The molecule has 0 aromatic heterocycles. The van der Waals surface area contributed by atoms with Crippen molar-refractivity contribution in [3.05, 3.63) is 28.7 Å². The van der Waals surface area contributed by atoms with E-state index in [1.54, 1.807) is 17.1 Å². The molecule has 1 rings (SSSR count). The van der Waals surface area contributed by atoms with Crippen LogP contribution >= 0.6 is 15.9 Å². The number of phenolic OH excluding ortho intramolecular Hbond substituents is 1. The van der Waals surface area contributed by atoms with E-state index in [1.165, 1.54) is 0 Å². The third-order valence-corrected chi connectivity index (χ3v) is 1.80. The fourth-order valence-electron chi connectivity index (χ4n) is 0.978. The molecule has 0 spiro atoms. The van der Waals surface area contributed by atoms with E-state index >= 15 is 0 Å². The summed E-state index contributed by atoms with van der Waals surface area (Å²) in [5, 5.41) is 9.37. The molecule has 0 saturated heterocycles. The first-order valence-corrected chi connectivity index (χ1v) is 4.92. The second-order valence-corrected chi connectivity index (χ2v) is 2.98. The minimum atomic E-state index is 0.175. The highest BCUT2D eigenvalue weighted by Crippen LogP contribution is 2.27. The maximum atomic E-state index is 9.37. The van der Waals surface area contributed by atoms with E-state index in [4.69, 9.17) is 4.74 Å². The van der Waals surface area contributed by atoms with Crippen LogP contribution in [0.15, 0.2) is 23.2 Å². The van der Waals surface area contributed by atoms with Crippen LogP contribution in [0.25, 0.3) is 6.08 Å². The van der Waals surface area contributed by atoms with Crippen molar-refractivity contribution in [1.82, 2.24) is 0 Å². The molecule has 1 aromatic carbocycles. The van der Waals surface area contributed by atoms with Crippen molar-refractivity contribution in [1.29, 1.82) is 0 Å². The minimum Gasteiger partial charge on any atom is -0.504 e. The van der Waals surface area contributed by atoms with Gasteiger partial charge in [0.1, 0.15) is 0 Å². The van der Waals surface area contributed by atoms with Gasteiger partial charge in [-0.1, -0.05) is 22.0 Å². The largest absolute Gasteiger partial charge is 0.504 e. The summed E-state index contributed by atoms with van der Waals surface area (Å²) in [6.07, 6.45) is 1.88. The first-order valence-electron chi connectivity index (χ1n) is 4.00. The standard InChI is InChI=1S/C10H11BrO2/c1-2-13-10-7-8(5-6-11)3-4-9(10)12/h3-7,12H,2H2,1H3/b6-5+. The van der Waals surface area contributed by atoms with Crippen LogP contribution in [0, 0.1) is 0 Å². The summed E-state index contributed by atoms with van der Waals surface area (Å²) < 4.78 is 5.22. The SMILES string of the molecule is CCOc1cc(/C=C/Br)ccc1O. The second kappa shape index (κ2) is 4.92. The Balaban J connectivity index is 2.96. The second-order valence-electron chi connectivity index (χ2n) is 2.45. The third kappa shape index (κ3) is 2.77. The number of benzene rings is 1. The van der Waals surface area contributed by atoms with E-state index in [9.17, 15) is 5.11 Å². The van der Waals surface area contributed by atoms with Gasteiger partial charge in [-0.2, -0.15) is 0 Å². The number of phenols is 1. The van der Waals surface area contributed by atoms with Gasteiger partial charge in [0.05, 0.1) is 6.61 Å². The Morgan fingerprint density at radius 1 is 1.54 bits per heavy atom. The molecule has 0 heterocycles.